The lowest BCUT2D eigenvalue weighted by molar-refractivity contribution is 0.0567. The molecule has 4 aromatic rings. The summed E-state index contributed by atoms with van der Waals surface area (Å²) in [5, 5.41) is 9.58. The first-order chi connectivity index (χ1) is 19.4. The molecule has 0 bridgehead atoms. The van der Waals surface area contributed by atoms with Crippen LogP contribution in [0.15, 0.2) is 89.7 Å². The summed E-state index contributed by atoms with van der Waals surface area (Å²) in [5.41, 5.74) is 2.77. The van der Waals surface area contributed by atoms with E-state index < -0.39 is 11.8 Å². The van der Waals surface area contributed by atoms with Crippen molar-refractivity contribution >= 4 is 23.2 Å². The number of carboxylic acid groups (broad SMARTS) is 1. The maximum absolute atomic E-state index is 13.0. The van der Waals surface area contributed by atoms with Crippen molar-refractivity contribution in [3.8, 4) is 0 Å². The average molecular weight is 543 g/mol. The number of likely N-dealkylation sites (tertiary alicyclic amines) is 1. The molecule has 0 spiro atoms. The molecule has 1 unspecified atom stereocenters. The topological polar surface area (TPSA) is 97.0 Å². The van der Waals surface area contributed by atoms with Gasteiger partial charge >= 0.3 is 17.9 Å². The minimum Gasteiger partial charge on any atom is -0.464 e. The molecule has 1 atom stereocenters. The fourth-order valence-corrected chi connectivity index (χ4v) is 5.41. The number of hydrogen-bond acceptors (Lipinski definition) is 5. The number of ether oxygens (including phenoxy) is 1. The predicted molar refractivity (Wildman–Crippen MR) is 152 cm³/mol. The quantitative estimate of drug-likeness (QED) is 0.329. The van der Waals surface area contributed by atoms with Crippen LogP contribution in [-0.2, 0) is 17.8 Å². The van der Waals surface area contributed by atoms with Gasteiger partial charge in [-0.15, -0.1) is 0 Å². The summed E-state index contributed by atoms with van der Waals surface area (Å²) in [6.07, 6.45) is -0.604. The van der Waals surface area contributed by atoms with Crippen LogP contribution < -0.4 is 5.69 Å². The Labute approximate surface area is 232 Å². The molecule has 1 fully saturated rings. The molecule has 1 aliphatic rings. The van der Waals surface area contributed by atoms with Gasteiger partial charge in [0, 0.05) is 38.3 Å². The van der Waals surface area contributed by atoms with Crippen molar-refractivity contribution in [1.29, 1.82) is 0 Å². The highest BCUT2D eigenvalue weighted by atomic mass is 16.6. The maximum atomic E-state index is 13.0. The second-order valence-corrected chi connectivity index (χ2v) is 10.3. The number of carbonyl (C=O) groups excluding carboxylic acids is 1. The van der Waals surface area contributed by atoms with Crippen LogP contribution in [0.5, 0.6) is 0 Å². The third-order valence-corrected chi connectivity index (χ3v) is 7.59. The molecule has 1 amide bonds. The van der Waals surface area contributed by atoms with Crippen molar-refractivity contribution in [3.63, 3.8) is 0 Å². The molecule has 1 aliphatic heterocycles. The average Bonchev–Trinajstić information content (AvgIpc) is 3.28. The number of nitrogens with zero attached hydrogens (tertiary/aromatic N) is 4. The molecular weight excluding hydrogens is 508 g/mol. The molecule has 0 aliphatic carbocycles. The fraction of sp³-hybridized carbons (Fsp3) is 0.323. The summed E-state index contributed by atoms with van der Waals surface area (Å²) in [7, 11) is 0. The second kappa shape index (κ2) is 12.2. The Bertz CT molecular complexity index is 1470. The van der Waals surface area contributed by atoms with Crippen LogP contribution >= 0.6 is 0 Å². The van der Waals surface area contributed by atoms with Gasteiger partial charge in [0.1, 0.15) is 6.61 Å². The van der Waals surface area contributed by atoms with Crippen molar-refractivity contribution in [3.05, 3.63) is 107 Å². The second-order valence-electron chi connectivity index (χ2n) is 10.3. The first-order valence-corrected chi connectivity index (χ1v) is 13.6. The largest absolute Gasteiger partial charge is 0.464 e. The molecule has 9 nitrogen and oxygen atoms in total. The van der Waals surface area contributed by atoms with E-state index in [1.165, 1.54) is 11.1 Å². The van der Waals surface area contributed by atoms with Gasteiger partial charge in [0.2, 0.25) is 0 Å². The fourth-order valence-electron chi connectivity index (χ4n) is 5.41. The number of amides is 1. The lowest BCUT2D eigenvalue weighted by atomic mass is 10.0. The Morgan fingerprint density at radius 3 is 1.95 bits per heavy atom. The number of hydrogen-bond donors (Lipinski definition) is 1. The van der Waals surface area contributed by atoms with E-state index in [-0.39, 0.29) is 24.8 Å². The predicted octanol–water partition coefficient (Wildman–Crippen LogP) is 5.19. The zero-order valence-corrected chi connectivity index (χ0v) is 22.6. The van der Waals surface area contributed by atoms with Crippen molar-refractivity contribution in [2.75, 3.05) is 19.7 Å². The van der Waals surface area contributed by atoms with Crippen molar-refractivity contribution in [2.24, 2.45) is 0 Å². The highest BCUT2D eigenvalue weighted by Gasteiger charge is 2.29. The van der Waals surface area contributed by atoms with Crippen molar-refractivity contribution < 1.29 is 19.4 Å². The number of benzene rings is 3. The molecule has 0 saturated carbocycles. The zero-order valence-electron chi connectivity index (χ0n) is 22.6. The molecule has 3 aromatic carbocycles. The number of piperidine rings is 1. The molecule has 1 saturated heterocycles. The van der Waals surface area contributed by atoms with Gasteiger partial charge in [-0.3, -0.25) is 9.47 Å². The van der Waals surface area contributed by atoms with Gasteiger partial charge in [-0.1, -0.05) is 72.8 Å². The minimum atomic E-state index is -1.30. The lowest BCUT2D eigenvalue weighted by Gasteiger charge is -2.33. The van der Waals surface area contributed by atoms with Crippen LogP contribution in [0.2, 0.25) is 0 Å². The Morgan fingerprint density at radius 2 is 1.40 bits per heavy atom. The highest BCUT2D eigenvalue weighted by Crippen LogP contribution is 2.26. The molecule has 1 N–H and O–H groups in total. The lowest BCUT2D eigenvalue weighted by Crippen LogP contribution is -2.43. The summed E-state index contributed by atoms with van der Waals surface area (Å²) in [5.74, 6) is 0. The molecule has 0 radical (unpaired) electrons. The third-order valence-electron chi connectivity index (χ3n) is 7.59. The summed E-state index contributed by atoms with van der Waals surface area (Å²) in [6, 6.07) is 27.2. The van der Waals surface area contributed by atoms with Gasteiger partial charge in [0.25, 0.3) is 0 Å². The van der Waals surface area contributed by atoms with Gasteiger partial charge < -0.3 is 14.7 Å². The minimum absolute atomic E-state index is 0.0115. The van der Waals surface area contributed by atoms with Crippen molar-refractivity contribution in [1.82, 2.24) is 18.9 Å². The zero-order chi connectivity index (χ0) is 28.1. The number of fused-ring (bicyclic) bond motifs is 1. The Hall–Kier alpha value is -4.37. The van der Waals surface area contributed by atoms with Crippen LogP contribution in [0.3, 0.4) is 0 Å². The van der Waals surface area contributed by atoms with Crippen LogP contribution in [0, 0.1) is 0 Å². The normalized spacial score (nSPS) is 14.9. The van der Waals surface area contributed by atoms with Gasteiger partial charge in [-0.05, 0) is 43.0 Å². The Balaban J connectivity index is 1.20. The summed E-state index contributed by atoms with van der Waals surface area (Å²) >= 11 is 0. The standard InChI is InChI=1S/C31H34N4O5/c1-23(33(20-24-10-4-2-5-11-24)21-25-12-6-3-7-13-25)22-40-31(39)32-18-16-26(17-19-32)34-27-14-8-9-15-28(27)35(29(34)36)30(37)38/h2-15,23,26H,16-22H2,1H3,(H,37,38). The molecule has 1 aromatic heterocycles. The highest BCUT2D eigenvalue weighted by molar-refractivity contribution is 5.86. The smallest absolute Gasteiger partial charge is 0.420 e. The summed E-state index contributed by atoms with van der Waals surface area (Å²) in [4.78, 5) is 41.7. The van der Waals surface area contributed by atoms with Crippen LogP contribution in [0.4, 0.5) is 9.59 Å². The molecule has 5 rings (SSSR count). The van der Waals surface area contributed by atoms with E-state index >= 15 is 0 Å². The number of carbonyl (C=O) groups is 2. The van der Waals surface area contributed by atoms with Crippen LogP contribution in [0.1, 0.15) is 36.9 Å². The van der Waals surface area contributed by atoms with E-state index in [2.05, 4.69) is 36.1 Å². The molecular formula is C31H34N4O5. The van der Waals surface area contributed by atoms with Gasteiger partial charge in [-0.25, -0.2) is 14.4 Å². The van der Waals surface area contributed by atoms with Gasteiger partial charge in [0.15, 0.2) is 0 Å². The molecule has 9 heteroatoms. The first-order valence-electron chi connectivity index (χ1n) is 13.6. The monoisotopic (exact) mass is 542 g/mol. The Kier molecular flexibility index (Phi) is 8.31. The van der Waals surface area contributed by atoms with Crippen LogP contribution in [0.25, 0.3) is 11.0 Å². The van der Waals surface area contributed by atoms with Gasteiger partial charge in [0.05, 0.1) is 11.0 Å². The summed E-state index contributed by atoms with van der Waals surface area (Å²) < 4.78 is 8.11. The van der Waals surface area contributed by atoms with E-state index in [1.54, 1.807) is 33.7 Å². The third kappa shape index (κ3) is 5.94. The van der Waals surface area contributed by atoms with E-state index in [4.69, 9.17) is 4.74 Å². The van der Waals surface area contributed by atoms with E-state index in [9.17, 15) is 19.5 Å². The molecule has 40 heavy (non-hydrogen) atoms. The summed E-state index contributed by atoms with van der Waals surface area (Å²) in [6.45, 7) is 4.64. The number of para-hydroxylation sites is 2. The maximum Gasteiger partial charge on any atom is 0.420 e. The number of aromatic nitrogens is 2. The molecule has 208 valence electrons. The first kappa shape index (κ1) is 27.2. The SMILES string of the molecule is CC(COC(=O)N1CCC(n2c(=O)n(C(=O)O)c3ccccc32)CC1)N(Cc1ccccc1)Cc1ccccc1. The van der Waals surface area contributed by atoms with E-state index in [0.717, 1.165) is 17.7 Å². The van der Waals surface area contributed by atoms with Crippen molar-refractivity contribution in [2.45, 2.75) is 44.9 Å². The van der Waals surface area contributed by atoms with E-state index in [0.29, 0.717) is 37.0 Å². The Morgan fingerprint density at radius 1 is 0.875 bits per heavy atom. The number of rotatable bonds is 8. The van der Waals surface area contributed by atoms with E-state index in [1.807, 2.05) is 36.4 Å². The number of imidazole rings is 1. The molecule has 2 heterocycles. The van der Waals surface area contributed by atoms with Gasteiger partial charge in [-0.2, -0.15) is 4.57 Å². The van der Waals surface area contributed by atoms with Crippen LogP contribution in [-0.4, -0.2) is 62.0 Å².